The lowest BCUT2D eigenvalue weighted by Gasteiger charge is -2.04. The quantitative estimate of drug-likeness (QED) is 0.789. The molecule has 0 radical (unpaired) electrons. The van der Waals surface area contributed by atoms with Gasteiger partial charge in [-0.3, -0.25) is 4.79 Å². The third-order valence-electron chi connectivity index (χ3n) is 2.40. The van der Waals surface area contributed by atoms with Gasteiger partial charge < -0.3 is 15.6 Å². The largest absolute Gasteiger partial charge is 0.496 e. The van der Waals surface area contributed by atoms with Gasteiger partial charge in [-0.1, -0.05) is 30.4 Å². The van der Waals surface area contributed by atoms with Crippen molar-refractivity contribution in [2.45, 2.75) is 18.9 Å². The standard InChI is InChI=1S/C13H17NO3/c1-17-12-9-5-3-7-10(12)6-2-4-8-11(14)13(15)16/h2-3,5-7,9,11H,4,8,14H2,1H3,(H,15,16)/b6-2+. The highest BCUT2D eigenvalue weighted by Crippen LogP contribution is 2.18. The Kier molecular flexibility index (Phi) is 5.23. The molecule has 17 heavy (non-hydrogen) atoms. The molecule has 0 aliphatic heterocycles. The Morgan fingerprint density at radius 3 is 2.88 bits per heavy atom. The first-order valence-corrected chi connectivity index (χ1v) is 5.43. The van der Waals surface area contributed by atoms with Crippen LogP contribution in [0.1, 0.15) is 18.4 Å². The van der Waals surface area contributed by atoms with Gasteiger partial charge in [0.15, 0.2) is 0 Å². The van der Waals surface area contributed by atoms with E-state index in [1.54, 1.807) is 7.11 Å². The number of allylic oxidation sites excluding steroid dienone is 1. The summed E-state index contributed by atoms with van der Waals surface area (Å²) in [4.78, 5) is 10.5. The Hall–Kier alpha value is -1.81. The molecule has 0 saturated heterocycles. The molecule has 0 heterocycles. The maximum Gasteiger partial charge on any atom is 0.320 e. The molecule has 0 bridgehead atoms. The zero-order chi connectivity index (χ0) is 12.7. The number of methoxy groups -OCH3 is 1. The van der Waals surface area contributed by atoms with Gasteiger partial charge in [-0.2, -0.15) is 0 Å². The lowest BCUT2D eigenvalue weighted by molar-refractivity contribution is -0.138. The highest BCUT2D eigenvalue weighted by atomic mass is 16.5. The molecule has 0 saturated carbocycles. The maximum absolute atomic E-state index is 10.5. The number of carboxylic acids is 1. The van der Waals surface area contributed by atoms with Gasteiger partial charge in [0.05, 0.1) is 7.11 Å². The third kappa shape index (κ3) is 4.28. The lowest BCUT2D eigenvalue weighted by atomic mass is 10.1. The fourth-order valence-electron chi connectivity index (χ4n) is 1.41. The van der Waals surface area contributed by atoms with Crippen LogP contribution in [0.3, 0.4) is 0 Å². The van der Waals surface area contributed by atoms with Crippen LogP contribution in [0, 0.1) is 0 Å². The monoisotopic (exact) mass is 235 g/mol. The number of rotatable bonds is 6. The number of para-hydroxylation sites is 1. The highest BCUT2D eigenvalue weighted by Gasteiger charge is 2.08. The van der Waals surface area contributed by atoms with Crippen molar-refractivity contribution in [2.75, 3.05) is 7.11 Å². The van der Waals surface area contributed by atoms with Gasteiger partial charge in [0.25, 0.3) is 0 Å². The van der Waals surface area contributed by atoms with Crippen LogP contribution in [0.4, 0.5) is 0 Å². The van der Waals surface area contributed by atoms with Gasteiger partial charge >= 0.3 is 5.97 Å². The van der Waals surface area contributed by atoms with Crippen molar-refractivity contribution >= 4 is 12.0 Å². The minimum absolute atomic E-state index is 0.432. The molecule has 0 aliphatic rings. The summed E-state index contributed by atoms with van der Waals surface area (Å²) in [7, 11) is 1.62. The van der Waals surface area contributed by atoms with Crippen LogP contribution >= 0.6 is 0 Å². The molecule has 0 fully saturated rings. The van der Waals surface area contributed by atoms with Crippen molar-refractivity contribution in [1.29, 1.82) is 0 Å². The van der Waals surface area contributed by atoms with E-state index in [-0.39, 0.29) is 0 Å². The van der Waals surface area contributed by atoms with Crippen LogP contribution in [-0.2, 0) is 4.79 Å². The Labute approximate surface area is 101 Å². The molecule has 0 aliphatic carbocycles. The van der Waals surface area contributed by atoms with Gasteiger partial charge in [0, 0.05) is 5.56 Å². The first kappa shape index (κ1) is 13.3. The Balaban J connectivity index is 2.51. The predicted molar refractivity (Wildman–Crippen MR) is 66.9 cm³/mol. The number of nitrogens with two attached hydrogens (primary N) is 1. The highest BCUT2D eigenvalue weighted by molar-refractivity contribution is 5.73. The minimum Gasteiger partial charge on any atom is -0.496 e. The first-order chi connectivity index (χ1) is 8.15. The van der Waals surface area contributed by atoms with Crippen molar-refractivity contribution in [2.24, 2.45) is 5.73 Å². The predicted octanol–water partition coefficient (Wildman–Crippen LogP) is 1.90. The molecule has 3 N–H and O–H groups in total. The van der Waals surface area contributed by atoms with Crippen LogP contribution in [0.5, 0.6) is 5.75 Å². The molecule has 0 spiro atoms. The molecule has 0 aromatic heterocycles. The fraction of sp³-hybridized carbons (Fsp3) is 0.308. The second-order valence-corrected chi connectivity index (χ2v) is 3.67. The molecule has 1 atom stereocenters. The van der Waals surface area contributed by atoms with Crippen molar-refractivity contribution in [3.05, 3.63) is 35.9 Å². The van der Waals surface area contributed by atoms with Gasteiger partial charge in [-0.05, 0) is 18.9 Å². The molecule has 4 heteroatoms. The van der Waals surface area contributed by atoms with Gasteiger partial charge in [-0.15, -0.1) is 0 Å². The molecule has 1 unspecified atom stereocenters. The molecular weight excluding hydrogens is 218 g/mol. The van der Waals surface area contributed by atoms with E-state index in [0.717, 1.165) is 11.3 Å². The van der Waals surface area contributed by atoms with E-state index in [1.165, 1.54) is 0 Å². The van der Waals surface area contributed by atoms with E-state index in [9.17, 15) is 4.79 Å². The van der Waals surface area contributed by atoms with E-state index in [1.807, 2.05) is 36.4 Å². The van der Waals surface area contributed by atoms with Crippen LogP contribution in [0.2, 0.25) is 0 Å². The van der Waals surface area contributed by atoms with E-state index in [2.05, 4.69) is 0 Å². The summed E-state index contributed by atoms with van der Waals surface area (Å²) < 4.78 is 5.19. The van der Waals surface area contributed by atoms with Crippen LogP contribution < -0.4 is 10.5 Å². The molecule has 4 nitrogen and oxygen atoms in total. The van der Waals surface area contributed by atoms with Gasteiger partial charge in [0.2, 0.25) is 0 Å². The van der Waals surface area contributed by atoms with Crippen LogP contribution in [0.15, 0.2) is 30.3 Å². The maximum atomic E-state index is 10.5. The summed E-state index contributed by atoms with van der Waals surface area (Å²) >= 11 is 0. The Morgan fingerprint density at radius 2 is 2.24 bits per heavy atom. The number of aliphatic carboxylic acids is 1. The summed E-state index contributed by atoms with van der Waals surface area (Å²) in [5.74, 6) is -0.165. The van der Waals surface area contributed by atoms with E-state index in [0.29, 0.717) is 12.8 Å². The summed E-state index contributed by atoms with van der Waals surface area (Å²) in [6.45, 7) is 0. The Bertz CT molecular complexity index is 401. The van der Waals surface area contributed by atoms with Crippen LogP contribution in [-0.4, -0.2) is 24.2 Å². The third-order valence-corrected chi connectivity index (χ3v) is 2.40. The average Bonchev–Trinajstić information content (AvgIpc) is 2.34. The number of ether oxygens (including phenoxy) is 1. The summed E-state index contributed by atoms with van der Waals surface area (Å²) in [5.41, 5.74) is 6.37. The zero-order valence-electron chi connectivity index (χ0n) is 9.80. The SMILES string of the molecule is COc1ccccc1/C=C/CCC(N)C(=O)O. The number of carboxylic acid groups (broad SMARTS) is 1. The second-order valence-electron chi connectivity index (χ2n) is 3.67. The van der Waals surface area contributed by atoms with Crippen molar-refractivity contribution in [3.8, 4) is 5.75 Å². The van der Waals surface area contributed by atoms with Crippen molar-refractivity contribution in [3.63, 3.8) is 0 Å². The summed E-state index contributed by atoms with van der Waals surface area (Å²) in [6, 6.07) is 6.84. The minimum atomic E-state index is -0.962. The average molecular weight is 235 g/mol. The zero-order valence-corrected chi connectivity index (χ0v) is 9.80. The van der Waals surface area contributed by atoms with Gasteiger partial charge in [-0.25, -0.2) is 0 Å². The topological polar surface area (TPSA) is 72.5 Å². The van der Waals surface area contributed by atoms with E-state index in [4.69, 9.17) is 15.6 Å². The molecule has 92 valence electrons. The van der Waals surface area contributed by atoms with Crippen molar-refractivity contribution < 1.29 is 14.6 Å². The molecule has 1 aromatic rings. The molecule has 0 amide bonds. The van der Waals surface area contributed by atoms with Gasteiger partial charge in [0.1, 0.15) is 11.8 Å². The number of hydrogen-bond acceptors (Lipinski definition) is 3. The Morgan fingerprint density at radius 1 is 1.53 bits per heavy atom. The normalized spacial score (nSPS) is 12.6. The second kappa shape index (κ2) is 6.70. The first-order valence-electron chi connectivity index (χ1n) is 5.43. The summed E-state index contributed by atoms with van der Waals surface area (Å²) in [6.07, 6.45) is 4.88. The molecule has 1 aromatic carbocycles. The van der Waals surface area contributed by atoms with Crippen molar-refractivity contribution in [1.82, 2.24) is 0 Å². The number of carbonyl (C=O) groups is 1. The lowest BCUT2D eigenvalue weighted by Crippen LogP contribution is -2.29. The summed E-state index contributed by atoms with van der Waals surface area (Å²) in [5, 5.41) is 8.61. The molecular formula is C13H17NO3. The smallest absolute Gasteiger partial charge is 0.320 e. The molecule has 1 rings (SSSR count). The number of benzene rings is 1. The van der Waals surface area contributed by atoms with Crippen LogP contribution in [0.25, 0.3) is 6.08 Å². The van der Waals surface area contributed by atoms with E-state index < -0.39 is 12.0 Å². The number of hydrogen-bond donors (Lipinski definition) is 2. The fourth-order valence-corrected chi connectivity index (χ4v) is 1.41. The van der Waals surface area contributed by atoms with E-state index >= 15 is 0 Å².